The number of aryl methyl sites for hydroxylation is 1. The van der Waals surface area contributed by atoms with E-state index < -0.39 is 0 Å². The summed E-state index contributed by atoms with van der Waals surface area (Å²) in [5, 5.41) is 0. The Morgan fingerprint density at radius 3 is 2.77 bits per heavy atom. The fraction of sp³-hybridized carbons (Fsp3) is 0.500. The molecule has 0 aliphatic carbocycles. The van der Waals surface area contributed by atoms with Crippen molar-refractivity contribution in [2.45, 2.75) is 38.8 Å². The van der Waals surface area contributed by atoms with Gasteiger partial charge >= 0.3 is 6.01 Å². The molecule has 1 aliphatic heterocycles. The number of likely N-dealkylation sites (tertiary alicyclic amines) is 1. The Balaban J connectivity index is 1.77. The number of methoxy groups -OCH3 is 1. The molecule has 6 heteroatoms. The monoisotopic (exact) mass is 299 g/mol. The average molecular weight is 299 g/mol. The van der Waals surface area contributed by atoms with Crippen molar-refractivity contribution in [1.29, 1.82) is 0 Å². The summed E-state index contributed by atoms with van der Waals surface area (Å²) in [5.41, 5.74) is 2.21. The lowest BCUT2D eigenvalue weighted by Gasteiger charge is -2.35. The molecule has 0 spiro atoms. The van der Waals surface area contributed by atoms with Crippen molar-refractivity contribution in [2.75, 3.05) is 13.7 Å². The molecule has 1 aliphatic rings. The maximum Gasteiger partial charge on any atom is 0.316 e. The van der Waals surface area contributed by atoms with E-state index in [1.807, 2.05) is 31.6 Å². The highest BCUT2D eigenvalue weighted by molar-refractivity contribution is 5.12. The predicted octanol–water partition coefficient (Wildman–Crippen LogP) is 2.31. The fourth-order valence-electron chi connectivity index (χ4n) is 2.94. The summed E-state index contributed by atoms with van der Waals surface area (Å²) in [6, 6.07) is 2.78. The number of ether oxygens (including phenoxy) is 1. The molecule has 0 unspecified atom stereocenters. The standard InChI is InChI=1S/C16H21N5O/c1-12-17-7-6-14(20-12)15-5-3-4-8-21(15)11-13-9-18-16(22-2)19-10-13/h6-7,9-10,15H,3-5,8,11H2,1-2H3/t15-/m1/s1. The third-order valence-corrected chi connectivity index (χ3v) is 4.00. The van der Waals surface area contributed by atoms with Crippen molar-refractivity contribution in [3.63, 3.8) is 0 Å². The smallest absolute Gasteiger partial charge is 0.316 e. The maximum atomic E-state index is 5.01. The SMILES string of the molecule is COc1ncc(CN2CCCC[C@@H]2c2ccnc(C)n2)cn1. The Morgan fingerprint density at radius 2 is 2.05 bits per heavy atom. The number of hydrogen-bond donors (Lipinski definition) is 0. The van der Waals surface area contributed by atoms with Gasteiger partial charge in [0.15, 0.2) is 0 Å². The highest BCUT2D eigenvalue weighted by Crippen LogP contribution is 2.30. The van der Waals surface area contributed by atoms with Crippen molar-refractivity contribution in [3.8, 4) is 6.01 Å². The Bertz CT molecular complexity index is 616. The van der Waals surface area contributed by atoms with Gasteiger partial charge in [0.05, 0.1) is 18.8 Å². The second-order valence-corrected chi connectivity index (χ2v) is 5.59. The molecular formula is C16H21N5O. The minimum atomic E-state index is 0.345. The van der Waals surface area contributed by atoms with Gasteiger partial charge in [-0.05, 0) is 32.4 Å². The maximum absolute atomic E-state index is 5.01. The molecule has 1 saturated heterocycles. The minimum absolute atomic E-state index is 0.345. The molecule has 22 heavy (non-hydrogen) atoms. The van der Waals surface area contributed by atoms with E-state index >= 15 is 0 Å². The van der Waals surface area contributed by atoms with E-state index in [1.54, 1.807) is 7.11 Å². The number of hydrogen-bond acceptors (Lipinski definition) is 6. The molecule has 0 bridgehead atoms. The topological polar surface area (TPSA) is 64.0 Å². The Morgan fingerprint density at radius 1 is 1.23 bits per heavy atom. The van der Waals surface area contributed by atoms with Crippen LogP contribution in [0.25, 0.3) is 0 Å². The molecule has 1 atom stereocenters. The first-order chi connectivity index (χ1) is 10.8. The van der Waals surface area contributed by atoms with Gasteiger partial charge in [-0.2, -0.15) is 0 Å². The van der Waals surface area contributed by atoms with Gasteiger partial charge in [0.1, 0.15) is 5.82 Å². The van der Waals surface area contributed by atoms with E-state index in [-0.39, 0.29) is 0 Å². The molecule has 6 nitrogen and oxygen atoms in total. The summed E-state index contributed by atoms with van der Waals surface area (Å²) >= 11 is 0. The van der Waals surface area contributed by atoms with Crippen LogP contribution in [0.5, 0.6) is 6.01 Å². The fourth-order valence-corrected chi connectivity index (χ4v) is 2.94. The third-order valence-electron chi connectivity index (χ3n) is 4.00. The van der Waals surface area contributed by atoms with Gasteiger partial charge in [-0.15, -0.1) is 0 Å². The second kappa shape index (κ2) is 6.79. The number of nitrogens with zero attached hydrogens (tertiary/aromatic N) is 5. The van der Waals surface area contributed by atoms with E-state index in [2.05, 4.69) is 24.8 Å². The van der Waals surface area contributed by atoms with Crippen LogP contribution in [0.3, 0.4) is 0 Å². The highest BCUT2D eigenvalue weighted by atomic mass is 16.5. The Hall–Kier alpha value is -2.08. The normalized spacial score (nSPS) is 19.1. The molecular weight excluding hydrogens is 278 g/mol. The van der Waals surface area contributed by atoms with E-state index in [1.165, 1.54) is 12.8 Å². The van der Waals surface area contributed by atoms with Crippen LogP contribution in [0.1, 0.15) is 42.4 Å². The molecule has 0 N–H and O–H groups in total. The summed E-state index contributed by atoms with van der Waals surface area (Å²) in [4.78, 5) is 19.6. The van der Waals surface area contributed by atoms with Gasteiger partial charge in [-0.25, -0.2) is 19.9 Å². The van der Waals surface area contributed by atoms with Gasteiger partial charge < -0.3 is 4.74 Å². The molecule has 2 aromatic heterocycles. The predicted molar refractivity (Wildman–Crippen MR) is 82.4 cm³/mol. The molecule has 1 fully saturated rings. The summed E-state index contributed by atoms with van der Waals surface area (Å²) in [6.07, 6.45) is 9.11. The molecule has 2 aromatic rings. The summed E-state index contributed by atoms with van der Waals surface area (Å²) in [5.74, 6) is 0.829. The molecule has 3 rings (SSSR count). The number of aromatic nitrogens is 4. The molecule has 0 amide bonds. The van der Waals surface area contributed by atoms with Crippen molar-refractivity contribution in [1.82, 2.24) is 24.8 Å². The van der Waals surface area contributed by atoms with Gasteiger partial charge in [0.2, 0.25) is 0 Å². The first-order valence-corrected chi connectivity index (χ1v) is 7.65. The highest BCUT2D eigenvalue weighted by Gasteiger charge is 2.25. The number of rotatable bonds is 4. The lowest BCUT2D eigenvalue weighted by atomic mass is 9.98. The zero-order chi connectivity index (χ0) is 15.4. The summed E-state index contributed by atoms with van der Waals surface area (Å²) in [7, 11) is 1.58. The van der Waals surface area contributed by atoms with E-state index in [4.69, 9.17) is 4.74 Å². The molecule has 0 saturated carbocycles. The summed E-state index contributed by atoms with van der Waals surface area (Å²) < 4.78 is 5.01. The zero-order valence-corrected chi connectivity index (χ0v) is 13.1. The van der Waals surface area contributed by atoms with Gasteiger partial charge in [0, 0.05) is 30.7 Å². The number of piperidine rings is 1. The third kappa shape index (κ3) is 3.39. The molecule has 0 radical (unpaired) electrons. The van der Waals surface area contributed by atoms with Crippen LogP contribution in [0.15, 0.2) is 24.7 Å². The van der Waals surface area contributed by atoms with Crippen molar-refractivity contribution < 1.29 is 4.74 Å². The largest absolute Gasteiger partial charge is 0.467 e. The first kappa shape index (κ1) is 14.8. The molecule has 116 valence electrons. The van der Waals surface area contributed by atoms with Crippen molar-refractivity contribution in [2.24, 2.45) is 0 Å². The van der Waals surface area contributed by atoms with Crippen LogP contribution in [-0.4, -0.2) is 38.5 Å². The van der Waals surface area contributed by atoms with Crippen LogP contribution in [0.4, 0.5) is 0 Å². The quantitative estimate of drug-likeness (QED) is 0.863. The summed E-state index contributed by atoms with van der Waals surface area (Å²) in [6.45, 7) is 3.84. The van der Waals surface area contributed by atoms with Crippen LogP contribution < -0.4 is 4.74 Å². The zero-order valence-electron chi connectivity index (χ0n) is 13.1. The molecule has 0 aromatic carbocycles. The Kier molecular flexibility index (Phi) is 4.58. The van der Waals surface area contributed by atoms with Gasteiger partial charge in [-0.1, -0.05) is 6.42 Å². The van der Waals surface area contributed by atoms with Crippen molar-refractivity contribution in [3.05, 3.63) is 41.7 Å². The average Bonchev–Trinajstić information content (AvgIpc) is 2.56. The molecule has 3 heterocycles. The van der Waals surface area contributed by atoms with E-state index in [9.17, 15) is 0 Å². The lowest BCUT2D eigenvalue weighted by Crippen LogP contribution is -2.33. The van der Waals surface area contributed by atoms with Crippen LogP contribution in [-0.2, 0) is 6.54 Å². The van der Waals surface area contributed by atoms with Crippen LogP contribution >= 0.6 is 0 Å². The van der Waals surface area contributed by atoms with E-state index in [0.717, 1.165) is 36.6 Å². The van der Waals surface area contributed by atoms with Crippen LogP contribution in [0, 0.1) is 6.92 Å². The van der Waals surface area contributed by atoms with E-state index in [0.29, 0.717) is 12.1 Å². The second-order valence-electron chi connectivity index (χ2n) is 5.59. The lowest BCUT2D eigenvalue weighted by molar-refractivity contribution is 0.136. The van der Waals surface area contributed by atoms with Crippen molar-refractivity contribution >= 4 is 0 Å². The Labute approximate surface area is 130 Å². The van der Waals surface area contributed by atoms with Gasteiger partial charge in [0.25, 0.3) is 0 Å². The minimum Gasteiger partial charge on any atom is -0.467 e. The first-order valence-electron chi connectivity index (χ1n) is 7.65. The van der Waals surface area contributed by atoms with Crippen LogP contribution in [0.2, 0.25) is 0 Å². The van der Waals surface area contributed by atoms with Gasteiger partial charge in [-0.3, -0.25) is 4.90 Å².